The lowest BCUT2D eigenvalue weighted by Crippen LogP contribution is -2.20. The summed E-state index contributed by atoms with van der Waals surface area (Å²) in [5.74, 6) is 0.882. The van der Waals surface area contributed by atoms with Gasteiger partial charge in [0, 0.05) is 19.1 Å². The topological polar surface area (TPSA) is 15.3 Å². The van der Waals surface area contributed by atoms with Gasteiger partial charge in [-0.1, -0.05) is 31.2 Å². The quantitative estimate of drug-likeness (QED) is 0.844. The number of hydrogen-bond acceptors (Lipinski definition) is 2. The van der Waals surface area contributed by atoms with Gasteiger partial charge in [-0.2, -0.15) is 0 Å². The minimum absolute atomic E-state index is 0.830. The van der Waals surface area contributed by atoms with Crippen molar-refractivity contribution in [1.29, 1.82) is 0 Å². The third-order valence-corrected chi connectivity index (χ3v) is 4.36. The van der Waals surface area contributed by atoms with E-state index in [0.717, 1.165) is 31.5 Å². The van der Waals surface area contributed by atoms with Gasteiger partial charge in [-0.25, -0.2) is 0 Å². The van der Waals surface area contributed by atoms with Crippen LogP contribution in [-0.2, 0) is 13.0 Å². The van der Waals surface area contributed by atoms with Gasteiger partial charge in [0.2, 0.25) is 0 Å². The zero-order valence-corrected chi connectivity index (χ0v) is 12.1. The normalized spacial score (nSPS) is 23.9. The van der Waals surface area contributed by atoms with E-state index in [4.69, 9.17) is 0 Å². The molecule has 104 valence electrons. The second kappa shape index (κ2) is 6.06. The standard InChI is InChI=1S/C17H26N2/c1-14-9-11-19(12-14)13-16-4-2-15(3-5-16)8-10-18-17-6-7-17/h2-5,14,17-18H,6-13H2,1H3. The lowest BCUT2D eigenvalue weighted by Gasteiger charge is -2.15. The first-order valence-electron chi connectivity index (χ1n) is 7.83. The Hall–Kier alpha value is -0.860. The molecule has 1 atom stereocenters. The van der Waals surface area contributed by atoms with Crippen LogP contribution in [0.4, 0.5) is 0 Å². The summed E-state index contributed by atoms with van der Waals surface area (Å²) in [6, 6.07) is 10.1. The fraction of sp³-hybridized carbons (Fsp3) is 0.647. The van der Waals surface area contributed by atoms with Crippen LogP contribution in [0.1, 0.15) is 37.3 Å². The molecule has 3 rings (SSSR count). The van der Waals surface area contributed by atoms with Crippen molar-refractivity contribution in [2.45, 2.75) is 45.2 Å². The number of hydrogen-bond donors (Lipinski definition) is 1. The molecular formula is C17H26N2. The summed E-state index contributed by atoms with van der Waals surface area (Å²) < 4.78 is 0. The summed E-state index contributed by atoms with van der Waals surface area (Å²) in [5.41, 5.74) is 2.93. The highest BCUT2D eigenvalue weighted by Crippen LogP contribution is 2.19. The van der Waals surface area contributed by atoms with Crippen LogP contribution < -0.4 is 5.32 Å². The van der Waals surface area contributed by atoms with Crippen LogP contribution in [0.5, 0.6) is 0 Å². The van der Waals surface area contributed by atoms with Gasteiger partial charge in [0.1, 0.15) is 0 Å². The van der Waals surface area contributed by atoms with E-state index in [9.17, 15) is 0 Å². The summed E-state index contributed by atoms with van der Waals surface area (Å²) >= 11 is 0. The SMILES string of the molecule is CC1CCN(Cc2ccc(CCNC3CC3)cc2)C1. The molecule has 0 bridgehead atoms. The number of rotatable bonds is 6. The largest absolute Gasteiger partial charge is 0.314 e. The van der Waals surface area contributed by atoms with Gasteiger partial charge in [-0.15, -0.1) is 0 Å². The Balaban J connectivity index is 1.44. The molecule has 1 aromatic carbocycles. The monoisotopic (exact) mass is 258 g/mol. The maximum absolute atomic E-state index is 3.58. The molecule has 1 N–H and O–H groups in total. The van der Waals surface area contributed by atoms with Crippen molar-refractivity contribution in [2.75, 3.05) is 19.6 Å². The molecule has 1 aliphatic heterocycles. The summed E-state index contributed by atoms with van der Waals surface area (Å²) in [4.78, 5) is 2.58. The van der Waals surface area contributed by atoms with Gasteiger partial charge in [-0.3, -0.25) is 4.90 Å². The Labute approximate surface area is 117 Å². The van der Waals surface area contributed by atoms with Gasteiger partial charge >= 0.3 is 0 Å². The molecule has 0 aromatic heterocycles. The van der Waals surface area contributed by atoms with E-state index in [1.165, 1.54) is 43.5 Å². The molecule has 1 saturated heterocycles. The number of nitrogens with one attached hydrogen (secondary N) is 1. The lowest BCUT2D eigenvalue weighted by molar-refractivity contribution is 0.320. The molecule has 2 heteroatoms. The van der Waals surface area contributed by atoms with E-state index in [1.807, 2.05) is 0 Å². The molecule has 0 spiro atoms. The van der Waals surface area contributed by atoms with Crippen LogP contribution in [0.2, 0.25) is 0 Å². The van der Waals surface area contributed by atoms with Crippen LogP contribution in [0.25, 0.3) is 0 Å². The smallest absolute Gasteiger partial charge is 0.0233 e. The van der Waals surface area contributed by atoms with Crippen LogP contribution in [0, 0.1) is 5.92 Å². The highest BCUT2D eigenvalue weighted by atomic mass is 15.1. The number of benzene rings is 1. The zero-order chi connectivity index (χ0) is 13.1. The summed E-state index contributed by atoms with van der Waals surface area (Å²) in [5, 5.41) is 3.58. The Morgan fingerprint density at radius 2 is 1.84 bits per heavy atom. The average molecular weight is 258 g/mol. The first kappa shape index (κ1) is 13.1. The molecule has 1 aliphatic carbocycles. The van der Waals surface area contributed by atoms with E-state index in [0.29, 0.717) is 0 Å². The fourth-order valence-corrected chi connectivity index (χ4v) is 2.95. The minimum atomic E-state index is 0.830. The molecular weight excluding hydrogens is 232 g/mol. The molecule has 1 unspecified atom stereocenters. The van der Waals surface area contributed by atoms with E-state index in [-0.39, 0.29) is 0 Å². The van der Waals surface area contributed by atoms with Crippen LogP contribution in [0.3, 0.4) is 0 Å². The molecule has 2 fully saturated rings. The predicted octanol–water partition coefficient (Wildman–Crippen LogP) is 2.82. The molecule has 1 saturated carbocycles. The van der Waals surface area contributed by atoms with Gasteiger partial charge in [0.15, 0.2) is 0 Å². The zero-order valence-electron chi connectivity index (χ0n) is 12.1. The number of nitrogens with zero attached hydrogens (tertiary/aromatic N) is 1. The van der Waals surface area contributed by atoms with Crippen molar-refractivity contribution in [3.8, 4) is 0 Å². The Morgan fingerprint density at radius 3 is 2.47 bits per heavy atom. The van der Waals surface area contributed by atoms with Crippen LogP contribution in [-0.4, -0.2) is 30.6 Å². The van der Waals surface area contributed by atoms with Crippen molar-refractivity contribution >= 4 is 0 Å². The third kappa shape index (κ3) is 4.05. The van der Waals surface area contributed by atoms with E-state index in [2.05, 4.69) is 41.4 Å². The average Bonchev–Trinajstić information content (AvgIpc) is 3.14. The predicted molar refractivity (Wildman–Crippen MR) is 80.2 cm³/mol. The molecule has 2 aliphatic rings. The Morgan fingerprint density at radius 1 is 1.11 bits per heavy atom. The minimum Gasteiger partial charge on any atom is -0.314 e. The lowest BCUT2D eigenvalue weighted by atomic mass is 10.1. The van der Waals surface area contributed by atoms with E-state index < -0.39 is 0 Å². The van der Waals surface area contributed by atoms with Crippen molar-refractivity contribution in [3.63, 3.8) is 0 Å². The first-order chi connectivity index (χ1) is 9.29. The molecule has 19 heavy (non-hydrogen) atoms. The van der Waals surface area contributed by atoms with Crippen molar-refractivity contribution in [1.82, 2.24) is 10.2 Å². The molecule has 2 nitrogen and oxygen atoms in total. The van der Waals surface area contributed by atoms with Gasteiger partial charge < -0.3 is 5.32 Å². The van der Waals surface area contributed by atoms with Crippen LogP contribution in [0.15, 0.2) is 24.3 Å². The van der Waals surface area contributed by atoms with Crippen molar-refractivity contribution in [3.05, 3.63) is 35.4 Å². The van der Waals surface area contributed by atoms with Gasteiger partial charge in [0.25, 0.3) is 0 Å². The fourth-order valence-electron chi connectivity index (χ4n) is 2.95. The molecule has 0 radical (unpaired) electrons. The highest BCUT2D eigenvalue weighted by molar-refractivity contribution is 5.23. The Kier molecular flexibility index (Phi) is 4.19. The van der Waals surface area contributed by atoms with E-state index >= 15 is 0 Å². The summed E-state index contributed by atoms with van der Waals surface area (Å²) in [6.45, 7) is 7.16. The van der Waals surface area contributed by atoms with Gasteiger partial charge in [0.05, 0.1) is 0 Å². The van der Waals surface area contributed by atoms with Crippen molar-refractivity contribution in [2.24, 2.45) is 5.92 Å². The summed E-state index contributed by atoms with van der Waals surface area (Å²) in [7, 11) is 0. The molecule has 1 aromatic rings. The Bertz CT molecular complexity index is 394. The third-order valence-electron chi connectivity index (χ3n) is 4.36. The van der Waals surface area contributed by atoms with E-state index in [1.54, 1.807) is 0 Å². The maximum atomic E-state index is 3.58. The molecule has 1 heterocycles. The second-order valence-electron chi connectivity index (χ2n) is 6.42. The van der Waals surface area contributed by atoms with Crippen LogP contribution >= 0.6 is 0 Å². The van der Waals surface area contributed by atoms with Crippen molar-refractivity contribution < 1.29 is 0 Å². The first-order valence-corrected chi connectivity index (χ1v) is 7.83. The maximum Gasteiger partial charge on any atom is 0.0233 e. The summed E-state index contributed by atoms with van der Waals surface area (Å²) in [6.07, 6.45) is 5.29. The number of likely N-dealkylation sites (tertiary alicyclic amines) is 1. The van der Waals surface area contributed by atoms with Gasteiger partial charge in [-0.05, 0) is 55.8 Å². The second-order valence-corrected chi connectivity index (χ2v) is 6.42. The molecule has 0 amide bonds. The highest BCUT2D eigenvalue weighted by Gasteiger charge is 2.20.